The van der Waals surface area contributed by atoms with E-state index in [-0.39, 0.29) is 12.3 Å². The van der Waals surface area contributed by atoms with Crippen LogP contribution < -0.4 is 5.32 Å². The van der Waals surface area contributed by atoms with E-state index in [1.165, 1.54) is 0 Å². The SMILES string of the molecule is O=C(O)CC1CCNC(C(=O)O)C1. The molecular formula is C8H13NO4. The van der Waals surface area contributed by atoms with Crippen LogP contribution in [-0.4, -0.2) is 34.7 Å². The number of aliphatic carboxylic acids is 2. The molecule has 74 valence electrons. The van der Waals surface area contributed by atoms with Crippen molar-refractivity contribution in [3.8, 4) is 0 Å². The molecule has 1 aliphatic rings. The maximum absolute atomic E-state index is 10.6. The van der Waals surface area contributed by atoms with Crippen molar-refractivity contribution in [2.75, 3.05) is 6.54 Å². The molecule has 2 atom stereocenters. The van der Waals surface area contributed by atoms with Crippen LogP contribution in [-0.2, 0) is 9.59 Å². The summed E-state index contributed by atoms with van der Waals surface area (Å²) in [6.07, 6.45) is 1.24. The number of hydrogen-bond acceptors (Lipinski definition) is 3. The first-order valence-electron chi connectivity index (χ1n) is 4.27. The molecule has 13 heavy (non-hydrogen) atoms. The molecule has 0 spiro atoms. The van der Waals surface area contributed by atoms with Crippen molar-refractivity contribution in [1.82, 2.24) is 5.32 Å². The molecular weight excluding hydrogens is 174 g/mol. The van der Waals surface area contributed by atoms with Gasteiger partial charge in [-0.05, 0) is 25.3 Å². The first-order valence-corrected chi connectivity index (χ1v) is 4.27. The van der Waals surface area contributed by atoms with E-state index in [1.807, 2.05) is 0 Å². The highest BCUT2D eigenvalue weighted by Gasteiger charge is 2.27. The van der Waals surface area contributed by atoms with E-state index in [2.05, 4.69) is 5.32 Å². The Morgan fingerprint density at radius 3 is 2.62 bits per heavy atom. The third-order valence-corrected chi connectivity index (χ3v) is 2.27. The monoisotopic (exact) mass is 187 g/mol. The summed E-state index contributed by atoms with van der Waals surface area (Å²) in [5.41, 5.74) is 0. The standard InChI is InChI=1S/C8H13NO4/c10-7(11)4-5-1-2-9-6(3-5)8(12)13/h5-6,9H,1-4H2,(H,10,11)(H,12,13). The van der Waals surface area contributed by atoms with Gasteiger partial charge in [-0.3, -0.25) is 9.59 Å². The number of rotatable bonds is 3. The Bertz CT molecular complexity index is 216. The number of carboxylic acid groups (broad SMARTS) is 2. The average Bonchev–Trinajstić information content (AvgIpc) is 2.03. The minimum absolute atomic E-state index is 0.000139. The molecule has 2 unspecified atom stereocenters. The second-order valence-corrected chi connectivity index (χ2v) is 3.33. The summed E-state index contributed by atoms with van der Waals surface area (Å²) in [6.45, 7) is 0.592. The summed E-state index contributed by atoms with van der Waals surface area (Å²) in [5.74, 6) is -1.74. The van der Waals surface area contributed by atoms with Gasteiger partial charge in [-0.15, -0.1) is 0 Å². The smallest absolute Gasteiger partial charge is 0.320 e. The maximum atomic E-state index is 10.6. The first-order chi connectivity index (χ1) is 6.09. The number of nitrogens with one attached hydrogen (secondary N) is 1. The molecule has 3 N–H and O–H groups in total. The summed E-state index contributed by atoms with van der Waals surface area (Å²) < 4.78 is 0. The van der Waals surface area contributed by atoms with Gasteiger partial charge in [0.1, 0.15) is 6.04 Å². The summed E-state index contributed by atoms with van der Waals surface area (Å²) in [4.78, 5) is 21.0. The van der Waals surface area contributed by atoms with Crippen molar-refractivity contribution in [3.63, 3.8) is 0 Å². The van der Waals surface area contributed by atoms with Crippen molar-refractivity contribution in [2.45, 2.75) is 25.3 Å². The second kappa shape index (κ2) is 4.23. The Balaban J connectivity index is 2.41. The lowest BCUT2D eigenvalue weighted by atomic mass is 9.90. The van der Waals surface area contributed by atoms with Crippen LogP contribution in [0.25, 0.3) is 0 Å². The van der Waals surface area contributed by atoms with Crippen molar-refractivity contribution in [3.05, 3.63) is 0 Å². The molecule has 0 saturated carbocycles. The first kappa shape index (κ1) is 9.98. The molecule has 0 aromatic carbocycles. The largest absolute Gasteiger partial charge is 0.481 e. The average molecular weight is 187 g/mol. The lowest BCUT2D eigenvalue weighted by molar-refractivity contribution is -0.143. The molecule has 0 radical (unpaired) electrons. The van der Waals surface area contributed by atoms with E-state index in [9.17, 15) is 9.59 Å². The second-order valence-electron chi connectivity index (χ2n) is 3.33. The van der Waals surface area contributed by atoms with Crippen LogP contribution in [0.5, 0.6) is 0 Å². The van der Waals surface area contributed by atoms with Crippen LogP contribution in [0.2, 0.25) is 0 Å². The Kier molecular flexibility index (Phi) is 3.25. The molecule has 0 aliphatic carbocycles. The van der Waals surface area contributed by atoms with Gasteiger partial charge in [0.25, 0.3) is 0 Å². The highest BCUT2D eigenvalue weighted by atomic mass is 16.4. The van der Waals surface area contributed by atoms with E-state index < -0.39 is 18.0 Å². The molecule has 1 saturated heterocycles. The number of piperidine rings is 1. The molecule has 0 aromatic rings. The van der Waals surface area contributed by atoms with Crippen LogP contribution in [0, 0.1) is 5.92 Å². The topological polar surface area (TPSA) is 86.6 Å². The van der Waals surface area contributed by atoms with Gasteiger partial charge in [0.05, 0.1) is 0 Å². The van der Waals surface area contributed by atoms with Gasteiger partial charge in [0, 0.05) is 6.42 Å². The fourth-order valence-corrected chi connectivity index (χ4v) is 1.62. The van der Waals surface area contributed by atoms with Gasteiger partial charge in [0.15, 0.2) is 0 Å². The van der Waals surface area contributed by atoms with Crippen LogP contribution in [0.1, 0.15) is 19.3 Å². The third kappa shape index (κ3) is 3.02. The van der Waals surface area contributed by atoms with Crippen LogP contribution >= 0.6 is 0 Å². The summed E-state index contributed by atoms with van der Waals surface area (Å²) in [6, 6.07) is -0.571. The van der Waals surface area contributed by atoms with Gasteiger partial charge in [-0.1, -0.05) is 0 Å². The molecule has 0 amide bonds. The maximum Gasteiger partial charge on any atom is 0.320 e. The summed E-state index contributed by atoms with van der Waals surface area (Å²) in [5, 5.41) is 20.0. The quantitative estimate of drug-likeness (QED) is 0.575. The molecule has 1 rings (SSSR count). The Hall–Kier alpha value is -1.10. The molecule has 5 nitrogen and oxygen atoms in total. The summed E-state index contributed by atoms with van der Waals surface area (Å²) in [7, 11) is 0. The highest BCUT2D eigenvalue weighted by Crippen LogP contribution is 2.19. The predicted octanol–water partition coefficient (Wildman–Crippen LogP) is -0.0861. The molecule has 0 bridgehead atoms. The molecule has 0 aromatic heterocycles. The van der Waals surface area contributed by atoms with E-state index in [0.29, 0.717) is 13.0 Å². The van der Waals surface area contributed by atoms with Gasteiger partial charge in [-0.2, -0.15) is 0 Å². The van der Waals surface area contributed by atoms with E-state index >= 15 is 0 Å². The van der Waals surface area contributed by atoms with Gasteiger partial charge < -0.3 is 15.5 Å². The lowest BCUT2D eigenvalue weighted by Crippen LogP contribution is -2.43. The predicted molar refractivity (Wildman–Crippen MR) is 44.4 cm³/mol. The minimum Gasteiger partial charge on any atom is -0.481 e. The van der Waals surface area contributed by atoms with Gasteiger partial charge >= 0.3 is 11.9 Å². The highest BCUT2D eigenvalue weighted by molar-refractivity contribution is 5.74. The van der Waals surface area contributed by atoms with E-state index in [1.54, 1.807) is 0 Å². The number of carboxylic acids is 2. The summed E-state index contributed by atoms with van der Waals surface area (Å²) >= 11 is 0. The Labute approximate surface area is 75.7 Å². The van der Waals surface area contributed by atoms with Gasteiger partial charge in [-0.25, -0.2) is 0 Å². The van der Waals surface area contributed by atoms with Crippen molar-refractivity contribution in [1.29, 1.82) is 0 Å². The van der Waals surface area contributed by atoms with Crippen LogP contribution in [0.4, 0.5) is 0 Å². The van der Waals surface area contributed by atoms with E-state index in [0.717, 1.165) is 6.42 Å². The minimum atomic E-state index is -0.893. The zero-order valence-corrected chi connectivity index (χ0v) is 7.19. The van der Waals surface area contributed by atoms with E-state index in [4.69, 9.17) is 10.2 Å². The molecule has 1 heterocycles. The third-order valence-electron chi connectivity index (χ3n) is 2.27. The molecule has 1 fully saturated rings. The molecule has 5 heteroatoms. The normalized spacial score (nSPS) is 28.3. The number of hydrogen-bond donors (Lipinski definition) is 3. The fraction of sp³-hybridized carbons (Fsp3) is 0.750. The van der Waals surface area contributed by atoms with Crippen LogP contribution in [0.3, 0.4) is 0 Å². The zero-order valence-electron chi connectivity index (χ0n) is 7.19. The lowest BCUT2D eigenvalue weighted by Gasteiger charge is -2.26. The Morgan fingerprint density at radius 1 is 1.38 bits per heavy atom. The fourth-order valence-electron chi connectivity index (χ4n) is 1.62. The van der Waals surface area contributed by atoms with Crippen molar-refractivity contribution >= 4 is 11.9 Å². The Morgan fingerprint density at radius 2 is 2.08 bits per heavy atom. The van der Waals surface area contributed by atoms with Gasteiger partial charge in [0.2, 0.25) is 0 Å². The number of carbonyl (C=O) groups is 2. The van der Waals surface area contributed by atoms with Crippen LogP contribution in [0.15, 0.2) is 0 Å². The molecule has 1 aliphatic heterocycles. The van der Waals surface area contributed by atoms with Crippen molar-refractivity contribution in [2.24, 2.45) is 5.92 Å². The van der Waals surface area contributed by atoms with Crippen molar-refractivity contribution < 1.29 is 19.8 Å². The zero-order chi connectivity index (χ0) is 9.84.